The Hall–Kier alpha value is -1.93. The molecule has 0 atom stereocenters. The summed E-state index contributed by atoms with van der Waals surface area (Å²) < 4.78 is 40.1. The number of hydrogen-bond acceptors (Lipinski definition) is 4. The number of rotatable bonds is 2. The number of benzene rings is 1. The van der Waals surface area contributed by atoms with E-state index in [0.29, 0.717) is 15.7 Å². The molecular formula is C13H13ClFN3O3S. The van der Waals surface area contributed by atoms with Crippen LogP contribution >= 0.6 is 11.6 Å². The smallest absolute Gasteiger partial charge is 0.278 e. The van der Waals surface area contributed by atoms with Crippen LogP contribution in [0.4, 0.5) is 4.39 Å². The Bertz CT molecular complexity index is 977. The van der Waals surface area contributed by atoms with Crippen molar-refractivity contribution in [3.63, 3.8) is 0 Å². The lowest BCUT2D eigenvalue weighted by molar-refractivity contribution is 0.537. The Morgan fingerprint density at radius 2 is 1.95 bits per heavy atom. The Balaban J connectivity index is 2.80. The first-order valence-corrected chi connectivity index (χ1v) is 7.94. The van der Waals surface area contributed by atoms with Crippen molar-refractivity contribution in [3.8, 4) is 0 Å². The molecule has 0 aliphatic carbocycles. The van der Waals surface area contributed by atoms with Crippen LogP contribution in [0.3, 0.4) is 0 Å². The molecule has 2 rings (SSSR count). The summed E-state index contributed by atoms with van der Waals surface area (Å²) in [6.45, 7) is 1.71. The quantitative estimate of drug-likeness (QED) is 0.816. The van der Waals surface area contributed by atoms with Gasteiger partial charge in [0.1, 0.15) is 0 Å². The van der Waals surface area contributed by atoms with E-state index in [0.717, 1.165) is 4.57 Å². The van der Waals surface area contributed by atoms with Gasteiger partial charge in [0.2, 0.25) is 0 Å². The van der Waals surface area contributed by atoms with Crippen LogP contribution in [-0.4, -0.2) is 24.0 Å². The zero-order valence-corrected chi connectivity index (χ0v) is 13.6. The largest absolute Gasteiger partial charge is 0.343 e. The first kappa shape index (κ1) is 16.4. The van der Waals surface area contributed by atoms with Crippen LogP contribution in [0.2, 0.25) is 5.02 Å². The maximum atomic E-state index is 13.9. The van der Waals surface area contributed by atoms with E-state index < -0.39 is 21.5 Å². The minimum absolute atomic E-state index is 0.203. The van der Waals surface area contributed by atoms with Crippen molar-refractivity contribution in [2.45, 2.75) is 11.8 Å². The molecule has 0 radical (unpaired) electrons. The second kappa shape index (κ2) is 5.69. The van der Waals surface area contributed by atoms with Gasteiger partial charge in [0.05, 0.1) is 11.1 Å². The molecule has 6 nitrogen and oxygen atoms in total. The summed E-state index contributed by atoms with van der Waals surface area (Å²) in [5.74, 6) is -0.925. The summed E-state index contributed by atoms with van der Waals surface area (Å²) in [6.07, 6.45) is 0.605. The monoisotopic (exact) mass is 345 g/mol. The third kappa shape index (κ3) is 2.59. The number of aromatic nitrogens is 2. The highest BCUT2D eigenvalue weighted by molar-refractivity contribution is 7.90. The van der Waals surface area contributed by atoms with Crippen LogP contribution < -0.4 is 11.2 Å². The van der Waals surface area contributed by atoms with Gasteiger partial charge in [-0.05, 0) is 24.6 Å². The second-order valence-electron chi connectivity index (χ2n) is 4.58. The Morgan fingerprint density at radius 1 is 1.32 bits per heavy atom. The molecule has 0 saturated carbocycles. The Labute approximate surface area is 131 Å². The normalized spacial score (nSPS) is 12.7. The molecule has 0 saturated heterocycles. The van der Waals surface area contributed by atoms with E-state index >= 15 is 0 Å². The van der Waals surface area contributed by atoms with Gasteiger partial charge < -0.3 is 0 Å². The number of nitrogens with zero attached hydrogens (tertiary/aromatic N) is 3. The fraction of sp³-hybridized carbons (Fsp3) is 0.231. The van der Waals surface area contributed by atoms with Crippen molar-refractivity contribution >= 4 is 21.6 Å². The van der Waals surface area contributed by atoms with Gasteiger partial charge in [-0.15, -0.1) is 0 Å². The van der Waals surface area contributed by atoms with Crippen molar-refractivity contribution in [1.82, 2.24) is 8.54 Å². The van der Waals surface area contributed by atoms with Crippen molar-refractivity contribution < 1.29 is 12.8 Å². The fourth-order valence-electron chi connectivity index (χ4n) is 1.89. The van der Waals surface area contributed by atoms with Gasteiger partial charge in [-0.1, -0.05) is 17.7 Å². The maximum absolute atomic E-state index is 13.9. The molecule has 1 aromatic carbocycles. The minimum atomic E-state index is -4.26. The van der Waals surface area contributed by atoms with Gasteiger partial charge in [0, 0.05) is 19.1 Å². The Kier molecular flexibility index (Phi) is 4.25. The van der Waals surface area contributed by atoms with E-state index in [1.807, 2.05) is 0 Å². The van der Waals surface area contributed by atoms with Gasteiger partial charge in [-0.3, -0.25) is 9.56 Å². The molecular weight excluding hydrogens is 333 g/mol. The molecule has 0 amide bonds. The molecule has 9 heteroatoms. The van der Waals surface area contributed by atoms with Gasteiger partial charge >= 0.3 is 5.69 Å². The SMILES string of the molecule is CN=c1c(F)cn(S(=O)(=O)c2ccc(C)c(Cl)c2)c(=O)n1C. The molecule has 0 aliphatic heterocycles. The van der Waals surface area contributed by atoms with Crippen molar-refractivity contribution in [1.29, 1.82) is 0 Å². The van der Waals surface area contributed by atoms with Crippen molar-refractivity contribution in [3.05, 3.63) is 56.8 Å². The van der Waals surface area contributed by atoms with Crippen molar-refractivity contribution in [2.24, 2.45) is 12.0 Å². The maximum Gasteiger partial charge on any atom is 0.343 e. The predicted molar refractivity (Wildman–Crippen MR) is 79.9 cm³/mol. The van der Waals surface area contributed by atoms with Crippen LogP contribution in [0.15, 0.2) is 39.1 Å². The number of aryl methyl sites for hydroxylation is 1. The summed E-state index contributed by atoms with van der Waals surface area (Å²) in [7, 11) is -1.72. The summed E-state index contributed by atoms with van der Waals surface area (Å²) in [4.78, 5) is 15.6. The summed E-state index contributed by atoms with van der Waals surface area (Å²) in [6, 6.07) is 4.03. The van der Waals surface area contributed by atoms with Gasteiger partial charge in [0.25, 0.3) is 10.0 Å². The molecule has 0 spiro atoms. The fourth-order valence-corrected chi connectivity index (χ4v) is 3.43. The van der Waals surface area contributed by atoms with E-state index in [2.05, 4.69) is 4.99 Å². The lowest BCUT2D eigenvalue weighted by Crippen LogP contribution is -2.42. The van der Waals surface area contributed by atoms with E-state index in [-0.39, 0.29) is 15.4 Å². The average molecular weight is 346 g/mol. The predicted octanol–water partition coefficient (Wildman–Crippen LogP) is 1.06. The molecule has 0 N–H and O–H groups in total. The van der Waals surface area contributed by atoms with Crippen molar-refractivity contribution in [2.75, 3.05) is 7.05 Å². The first-order chi connectivity index (χ1) is 10.2. The highest BCUT2D eigenvalue weighted by atomic mass is 35.5. The standard InChI is InChI=1S/C13H13ClFN3O3S/c1-8-4-5-9(6-10(8)14)22(20,21)18-7-11(15)12(16-2)17(3)13(18)19/h4-7H,1-3H3. The molecule has 0 unspecified atom stereocenters. The van der Waals surface area contributed by atoms with Crippen LogP contribution in [0.25, 0.3) is 0 Å². The zero-order chi connectivity index (χ0) is 16.7. The Morgan fingerprint density at radius 3 is 2.50 bits per heavy atom. The highest BCUT2D eigenvalue weighted by Crippen LogP contribution is 2.21. The van der Waals surface area contributed by atoms with E-state index in [4.69, 9.17) is 11.6 Å². The summed E-state index contributed by atoms with van der Waals surface area (Å²) in [5, 5.41) is 0.235. The molecule has 0 bridgehead atoms. The molecule has 0 aliphatic rings. The summed E-state index contributed by atoms with van der Waals surface area (Å²) >= 11 is 5.91. The third-order valence-corrected chi connectivity index (χ3v) is 5.19. The molecule has 118 valence electrons. The highest BCUT2D eigenvalue weighted by Gasteiger charge is 2.22. The second-order valence-corrected chi connectivity index (χ2v) is 6.80. The van der Waals surface area contributed by atoms with Gasteiger partial charge in [-0.2, -0.15) is 3.97 Å². The number of hydrogen-bond donors (Lipinski definition) is 0. The third-order valence-electron chi connectivity index (χ3n) is 3.15. The van der Waals surface area contributed by atoms with Crippen LogP contribution in [0.5, 0.6) is 0 Å². The molecule has 22 heavy (non-hydrogen) atoms. The molecule has 1 heterocycles. The summed E-state index contributed by atoms with van der Waals surface area (Å²) in [5.41, 5.74) is -0.484. The number of halogens is 2. The van der Waals surface area contributed by atoms with E-state index in [9.17, 15) is 17.6 Å². The minimum Gasteiger partial charge on any atom is -0.278 e. The lowest BCUT2D eigenvalue weighted by Gasteiger charge is -2.11. The lowest BCUT2D eigenvalue weighted by atomic mass is 10.2. The molecule has 2 aromatic rings. The van der Waals surface area contributed by atoms with Gasteiger partial charge in [0.15, 0.2) is 11.3 Å². The molecule has 0 fully saturated rings. The van der Waals surface area contributed by atoms with E-state index in [1.165, 1.54) is 32.3 Å². The zero-order valence-electron chi connectivity index (χ0n) is 12.0. The molecule has 1 aromatic heterocycles. The first-order valence-electron chi connectivity index (χ1n) is 6.13. The van der Waals surface area contributed by atoms with Crippen LogP contribution in [-0.2, 0) is 17.1 Å². The topological polar surface area (TPSA) is 73.4 Å². The van der Waals surface area contributed by atoms with Crippen LogP contribution in [0, 0.1) is 12.7 Å². The van der Waals surface area contributed by atoms with Gasteiger partial charge in [-0.25, -0.2) is 17.6 Å². The van der Waals surface area contributed by atoms with E-state index in [1.54, 1.807) is 6.92 Å². The average Bonchev–Trinajstić information content (AvgIpc) is 2.46. The van der Waals surface area contributed by atoms with Crippen LogP contribution in [0.1, 0.15) is 5.56 Å².